The smallest absolute Gasteiger partial charge is 0.0781 e. The van der Waals surface area contributed by atoms with E-state index in [-0.39, 0.29) is 24.9 Å². The second kappa shape index (κ2) is 8.17. The number of ether oxygens (including phenoxy) is 3. The van der Waals surface area contributed by atoms with Crippen LogP contribution in [0.5, 0.6) is 0 Å². The van der Waals surface area contributed by atoms with Crippen molar-refractivity contribution in [3.8, 4) is 0 Å². The first kappa shape index (κ1) is 13.8. The summed E-state index contributed by atoms with van der Waals surface area (Å²) in [6.07, 6.45) is 0.00946. The van der Waals surface area contributed by atoms with E-state index in [1.165, 1.54) is 0 Å². The molecular formula is C10H22O4. The molecule has 4 nitrogen and oxygen atoms in total. The third-order valence-electron chi connectivity index (χ3n) is 1.89. The van der Waals surface area contributed by atoms with Crippen molar-refractivity contribution in [2.75, 3.05) is 26.9 Å². The zero-order valence-electron chi connectivity index (χ0n) is 9.53. The Kier molecular flexibility index (Phi) is 8.08. The van der Waals surface area contributed by atoms with Crippen molar-refractivity contribution in [2.45, 2.75) is 39.1 Å². The molecule has 0 aliphatic rings. The van der Waals surface area contributed by atoms with Gasteiger partial charge in [0.2, 0.25) is 0 Å². The van der Waals surface area contributed by atoms with E-state index in [2.05, 4.69) is 0 Å². The standard InChI is InChI=1S/C10H22O4/c1-8(5-11)13-7-10(3)14-6-9(2)12-4/h8-11H,5-7H2,1-4H3/t8-,9-,10+/m0/s1. The number of hydrogen-bond acceptors (Lipinski definition) is 4. The van der Waals surface area contributed by atoms with Crippen LogP contribution < -0.4 is 0 Å². The Morgan fingerprint density at radius 2 is 1.43 bits per heavy atom. The third kappa shape index (κ3) is 7.26. The van der Waals surface area contributed by atoms with Crippen LogP contribution in [0.15, 0.2) is 0 Å². The minimum absolute atomic E-state index is 0.0293. The summed E-state index contributed by atoms with van der Waals surface area (Å²) in [5.41, 5.74) is 0. The lowest BCUT2D eigenvalue weighted by atomic mass is 10.4. The Hall–Kier alpha value is -0.160. The minimum atomic E-state index is -0.124. The fourth-order valence-electron chi connectivity index (χ4n) is 0.768. The normalized spacial score (nSPS) is 17.8. The largest absolute Gasteiger partial charge is 0.394 e. The van der Waals surface area contributed by atoms with Gasteiger partial charge in [0.1, 0.15) is 0 Å². The zero-order chi connectivity index (χ0) is 11.0. The van der Waals surface area contributed by atoms with Gasteiger partial charge in [-0.2, -0.15) is 0 Å². The molecule has 1 N–H and O–H groups in total. The number of aliphatic hydroxyl groups is 1. The molecule has 0 fully saturated rings. The maximum atomic E-state index is 8.72. The van der Waals surface area contributed by atoms with E-state index in [9.17, 15) is 0 Å². The summed E-state index contributed by atoms with van der Waals surface area (Å²) >= 11 is 0. The summed E-state index contributed by atoms with van der Waals surface area (Å²) in [6.45, 7) is 6.81. The first-order chi connectivity index (χ1) is 6.60. The highest BCUT2D eigenvalue weighted by molar-refractivity contribution is 4.53. The Morgan fingerprint density at radius 1 is 0.929 bits per heavy atom. The van der Waals surface area contributed by atoms with Crippen LogP contribution in [-0.2, 0) is 14.2 Å². The molecule has 0 saturated carbocycles. The predicted molar refractivity (Wildman–Crippen MR) is 54.4 cm³/mol. The van der Waals surface area contributed by atoms with Gasteiger partial charge in [-0.25, -0.2) is 0 Å². The summed E-state index contributed by atoms with van der Waals surface area (Å²) in [7, 11) is 1.66. The fourth-order valence-corrected chi connectivity index (χ4v) is 0.768. The molecule has 14 heavy (non-hydrogen) atoms. The Labute approximate surface area is 86.2 Å². The maximum Gasteiger partial charge on any atom is 0.0781 e. The highest BCUT2D eigenvalue weighted by Crippen LogP contribution is 1.98. The van der Waals surface area contributed by atoms with Gasteiger partial charge >= 0.3 is 0 Å². The molecule has 0 radical (unpaired) electrons. The lowest BCUT2D eigenvalue weighted by Crippen LogP contribution is -2.25. The Balaban J connectivity index is 3.40. The van der Waals surface area contributed by atoms with E-state index in [1.807, 2.05) is 20.8 Å². The lowest BCUT2D eigenvalue weighted by molar-refractivity contribution is -0.0677. The van der Waals surface area contributed by atoms with E-state index in [0.29, 0.717) is 13.2 Å². The third-order valence-corrected chi connectivity index (χ3v) is 1.89. The molecule has 0 spiro atoms. The number of aliphatic hydroxyl groups excluding tert-OH is 1. The molecule has 0 amide bonds. The average molecular weight is 206 g/mol. The van der Waals surface area contributed by atoms with Gasteiger partial charge in [0, 0.05) is 7.11 Å². The van der Waals surface area contributed by atoms with Gasteiger partial charge in [-0.1, -0.05) is 0 Å². The van der Waals surface area contributed by atoms with E-state index in [4.69, 9.17) is 19.3 Å². The second-order valence-electron chi connectivity index (χ2n) is 3.52. The Bertz CT molecular complexity index is 115. The summed E-state index contributed by atoms with van der Waals surface area (Å²) in [5, 5.41) is 8.72. The van der Waals surface area contributed by atoms with Gasteiger partial charge in [0.05, 0.1) is 38.1 Å². The number of rotatable bonds is 8. The van der Waals surface area contributed by atoms with Crippen molar-refractivity contribution in [2.24, 2.45) is 0 Å². The molecule has 0 unspecified atom stereocenters. The fraction of sp³-hybridized carbons (Fsp3) is 1.00. The molecule has 4 heteroatoms. The molecule has 0 aliphatic carbocycles. The van der Waals surface area contributed by atoms with Gasteiger partial charge < -0.3 is 19.3 Å². The van der Waals surface area contributed by atoms with Crippen LogP contribution >= 0.6 is 0 Å². The van der Waals surface area contributed by atoms with Crippen LogP contribution in [0.1, 0.15) is 20.8 Å². The molecule has 0 aromatic carbocycles. The summed E-state index contributed by atoms with van der Waals surface area (Å²) < 4.78 is 15.8. The van der Waals surface area contributed by atoms with Crippen molar-refractivity contribution >= 4 is 0 Å². The topological polar surface area (TPSA) is 47.9 Å². The SMILES string of the molecule is CO[C@@H](C)CO[C@H](C)CO[C@@H](C)CO. The quantitative estimate of drug-likeness (QED) is 0.639. The molecule has 0 aliphatic heterocycles. The van der Waals surface area contributed by atoms with Crippen LogP contribution in [0.4, 0.5) is 0 Å². The van der Waals surface area contributed by atoms with Crippen LogP contribution in [-0.4, -0.2) is 50.3 Å². The van der Waals surface area contributed by atoms with Crippen LogP contribution in [0.3, 0.4) is 0 Å². The molecule has 0 aromatic heterocycles. The van der Waals surface area contributed by atoms with Crippen molar-refractivity contribution in [1.82, 2.24) is 0 Å². The van der Waals surface area contributed by atoms with Crippen molar-refractivity contribution in [1.29, 1.82) is 0 Å². The monoisotopic (exact) mass is 206 g/mol. The molecular weight excluding hydrogens is 184 g/mol. The minimum Gasteiger partial charge on any atom is -0.394 e. The first-order valence-corrected chi connectivity index (χ1v) is 4.97. The first-order valence-electron chi connectivity index (χ1n) is 4.97. The summed E-state index contributed by atoms with van der Waals surface area (Å²) in [5.74, 6) is 0. The Morgan fingerprint density at radius 3 is 1.93 bits per heavy atom. The highest BCUT2D eigenvalue weighted by Gasteiger charge is 2.07. The maximum absolute atomic E-state index is 8.72. The molecule has 0 aromatic rings. The molecule has 0 bridgehead atoms. The van der Waals surface area contributed by atoms with Gasteiger partial charge in [0.15, 0.2) is 0 Å². The summed E-state index contributed by atoms with van der Waals surface area (Å²) in [4.78, 5) is 0. The summed E-state index contributed by atoms with van der Waals surface area (Å²) in [6, 6.07) is 0. The second-order valence-corrected chi connectivity index (χ2v) is 3.52. The van der Waals surface area contributed by atoms with Gasteiger partial charge in [-0.15, -0.1) is 0 Å². The van der Waals surface area contributed by atoms with Crippen molar-refractivity contribution in [3.63, 3.8) is 0 Å². The predicted octanol–water partition coefficient (Wildman–Crippen LogP) is 0.824. The van der Waals surface area contributed by atoms with Gasteiger partial charge in [-0.05, 0) is 20.8 Å². The van der Waals surface area contributed by atoms with Gasteiger partial charge in [-0.3, -0.25) is 0 Å². The highest BCUT2D eigenvalue weighted by atomic mass is 16.6. The van der Waals surface area contributed by atoms with E-state index >= 15 is 0 Å². The van der Waals surface area contributed by atoms with Crippen LogP contribution in [0.25, 0.3) is 0 Å². The molecule has 0 saturated heterocycles. The van der Waals surface area contributed by atoms with E-state index in [1.54, 1.807) is 7.11 Å². The zero-order valence-corrected chi connectivity index (χ0v) is 9.53. The van der Waals surface area contributed by atoms with Crippen LogP contribution in [0, 0.1) is 0 Å². The van der Waals surface area contributed by atoms with Crippen LogP contribution in [0.2, 0.25) is 0 Å². The van der Waals surface area contributed by atoms with Gasteiger partial charge in [0.25, 0.3) is 0 Å². The average Bonchev–Trinajstić information content (AvgIpc) is 2.22. The molecule has 3 atom stereocenters. The molecule has 0 rings (SSSR count). The molecule has 86 valence electrons. The van der Waals surface area contributed by atoms with E-state index in [0.717, 1.165) is 0 Å². The van der Waals surface area contributed by atoms with E-state index < -0.39 is 0 Å². The number of methoxy groups -OCH3 is 1. The molecule has 0 heterocycles. The lowest BCUT2D eigenvalue weighted by Gasteiger charge is -2.18. The number of hydrogen-bond donors (Lipinski definition) is 1. The van der Waals surface area contributed by atoms with Crippen molar-refractivity contribution < 1.29 is 19.3 Å². The van der Waals surface area contributed by atoms with Crippen molar-refractivity contribution in [3.05, 3.63) is 0 Å².